The van der Waals surface area contributed by atoms with Crippen LogP contribution in [0.2, 0.25) is 10.0 Å². The molecule has 0 bridgehead atoms. The number of allylic oxidation sites excluding steroid dienone is 1. The lowest BCUT2D eigenvalue weighted by Gasteiger charge is -2.42. The van der Waals surface area contributed by atoms with Crippen LogP contribution in [-0.4, -0.2) is 18.0 Å². The van der Waals surface area contributed by atoms with Crippen molar-refractivity contribution in [3.05, 3.63) is 69.2 Å². The molecular weight excluding hydrogens is 417 g/mol. The maximum absolute atomic E-state index is 12.6. The summed E-state index contributed by atoms with van der Waals surface area (Å²) in [6, 6.07) is 12.8. The summed E-state index contributed by atoms with van der Waals surface area (Å²) in [5, 5.41) is 12.9. The number of nitrogens with one attached hydrogen (secondary N) is 1. The first-order valence-corrected chi connectivity index (χ1v) is 10.4. The molecule has 1 aliphatic rings. The average Bonchev–Trinajstić information content (AvgIpc) is 2.68. The van der Waals surface area contributed by atoms with Crippen LogP contribution >= 0.6 is 23.2 Å². The molecule has 1 aliphatic heterocycles. The van der Waals surface area contributed by atoms with Gasteiger partial charge in [-0.2, -0.15) is 5.26 Å². The van der Waals surface area contributed by atoms with Crippen LogP contribution in [0.3, 0.4) is 0 Å². The van der Waals surface area contributed by atoms with Gasteiger partial charge in [-0.05, 0) is 75.2 Å². The number of halogens is 2. The Morgan fingerprint density at radius 1 is 1.20 bits per heavy atom. The van der Waals surface area contributed by atoms with Crippen molar-refractivity contribution in [2.45, 2.75) is 33.2 Å². The molecule has 0 saturated carbocycles. The van der Waals surface area contributed by atoms with Crippen molar-refractivity contribution >= 4 is 52.1 Å². The summed E-state index contributed by atoms with van der Waals surface area (Å²) in [5.74, 6) is -0.503. The predicted octanol–water partition coefficient (Wildman–Crippen LogP) is 6.56. The van der Waals surface area contributed by atoms with Crippen molar-refractivity contribution in [1.29, 1.82) is 5.26 Å². The van der Waals surface area contributed by atoms with E-state index in [2.05, 4.69) is 50.1 Å². The Labute approximate surface area is 187 Å². The summed E-state index contributed by atoms with van der Waals surface area (Å²) in [6.45, 7) is 9.49. The molecule has 0 spiro atoms. The van der Waals surface area contributed by atoms with E-state index in [9.17, 15) is 10.1 Å². The number of nitriles is 1. The zero-order chi connectivity index (χ0) is 22.1. The fraction of sp³-hybridized carbons (Fsp3) is 0.250. The molecule has 30 heavy (non-hydrogen) atoms. The molecule has 154 valence electrons. The summed E-state index contributed by atoms with van der Waals surface area (Å²) >= 11 is 11.9. The lowest BCUT2D eigenvalue weighted by molar-refractivity contribution is -0.112. The Kier molecular flexibility index (Phi) is 6.26. The van der Waals surface area contributed by atoms with Crippen molar-refractivity contribution in [2.75, 3.05) is 16.8 Å². The maximum atomic E-state index is 12.6. The van der Waals surface area contributed by atoms with Gasteiger partial charge < -0.3 is 10.2 Å². The van der Waals surface area contributed by atoms with Crippen molar-refractivity contribution in [2.24, 2.45) is 0 Å². The minimum absolute atomic E-state index is 0.00569. The molecule has 4 nitrogen and oxygen atoms in total. The van der Waals surface area contributed by atoms with Gasteiger partial charge in [-0.25, -0.2) is 0 Å². The molecule has 0 aromatic heterocycles. The minimum atomic E-state index is -0.503. The van der Waals surface area contributed by atoms with E-state index in [0.717, 1.165) is 23.4 Å². The second-order valence-electron chi connectivity index (χ2n) is 7.75. The highest BCUT2D eigenvalue weighted by atomic mass is 35.5. The number of benzene rings is 2. The van der Waals surface area contributed by atoms with Crippen molar-refractivity contribution in [1.82, 2.24) is 0 Å². The quantitative estimate of drug-likeness (QED) is 0.433. The van der Waals surface area contributed by atoms with Crippen molar-refractivity contribution in [3.8, 4) is 6.07 Å². The Balaban J connectivity index is 1.91. The van der Waals surface area contributed by atoms with E-state index in [0.29, 0.717) is 15.7 Å². The Hall–Kier alpha value is -2.74. The van der Waals surface area contributed by atoms with Crippen LogP contribution in [0.1, 0.15) is 38.8 Å². The lowest BCUT2D eigenvalue weighted by atomic mass is 9.88. The second kappa shape index (κ2) is 8.55. The van der Waals surface area contributed by atoms with Gasteiger partial charge in [-0.1, -0.05) is 35.3 Å². The fourth-order valence-corrected chi connectivity index (χ4v) is 4.15. The molecule has 1 heterocycles. The first kappa shape index (κ1) is 22.0. The van der Waals surface area contributed by atoms with Crippen LogP contribution in [0.15, 0.2) is 48.0 Å². The molecule has 0 atom stereocenters. The molecule has 2 aromatic carbocycles. The lowest BCUT2D eigenvalue weighted by Crippen LogP contribution is -2.44. The van der Waals surface area contributed by atoms with E-state index >= 15 is 0 Å². The number of likely N-dealkylation sites (N-methyl/N-ethyl adjacent to an activating group) is 1. The standard InChI is InChI=1S/C24H23Cl2N3O/c1-5-29-22-9-6-16(11-19(22)15(2)13-24(29,3)4)10-17(14-27)23(30)28-18-7-8-20(25)21(26)12-18/h6-13H,5H2,1-4H3,(H,28,30)/b17-10+. The summed E-state index contributed by atoms with van der Waals surface area (Å²) in [6.07, 6.45) is 3.84. The van der Waals surface area contributed by atoms with Crippen LogP contribution in [0, 0.1) is 11.3 Å². The van der Waals surface area contributed by atoms with Gasteiger partial charge in [-0.15, -0.1) is 0 Å². The number of carbonyl (C=O) groups is 1. The number of nitrogens with zero attached hydrogens (tertiary/aromatic N) is 2. The number of anilines is 2. The van der Waals surface area contributed by atoms with E-state index in [1.807, 2.05) is 18.2 Å². The number of amides is 1. The van der Waals surface area contributed by atoms with Gasteiger partial charge >= 0.3 is 0 Å². The van der Waals surface area contributed by atoms with Crippen molar-refractivity contribution in [3.63, 3.8) is 0 Å². The van der Waals surface area contributed by atoms with E-state index in [-0.39, 0.29) is 11.1 Å². The maximum Gasteiger partial charge on any atom is 0.266 e. The summed E-state index contributed by atoms with van der Waals surface area (Å²) < 4.78 is 0. The highest BCUT2D eigenvalue weighted by Gasteiger charge is 2.30. The molecule has 0 fully saturated rings. The average molecular weight is 440 g/mol. The monoisotopic (exact) mass is 439 g/mol. The summed E-state index contributed by atoms with van der Waals surface area (Å²) in [5.41, 5.74) is 4.63. The topological polar surface area (TPSA) is 56.1 Å². The smallest absolute Gasteiger partial charge is 0.266 e. The number of hydrogen-bond donors (Lipinski definition) is 1. The predicted molar refractivity (Wildman–Crippen MR) is 126 cm³/mol. The Bertz CT molecular complexity index is 1110. The third kappa shape index (κ3) is 4.38. The molecule has 1 N–H and O–H groups in total. The largest absolute Gasteiger partial charge is 0.363 e. The summed E-state index contributed by atoms with van der Waals surface area (Å²) in [7, 11) is 0. The first-order valence-electron chi connectivity index (χ1n) is 9.66. The highest BCUT2D eigenvalue weighted by Crippen LogP contribution is 2.39. The van der Waals surface area contributed by atoms with Gasteiger partial charge in [0.05, 0.1) is 15.6 Å². The Morgan fingerprint density at radius 3 is 2.57 bits per heavy atom. The number of hydrogen-bond acceptors (Lipinski definition) is 3. The van der Waals surface area contributed by atoms with Crippen LogP contribution < -0.4 is 10.2 Å². The van der Waals surface area contributed by atoms with Gasteiger partial charge in [0, 0.05) is 23.5 Å². The van der Waals surface area contributed by atoms with Crippen LogP contribution in [-0.2, 0) is 4.79 Å². The molecule has 3 rings (SSSR count). The van der Waals surface area contributed by atoms with Crippen LogP contribution in [0.5, 0.6) is 0 Å². The van der Waals surface area contributed by atoms with Crippen molar-refractivity contribution < 1.29 is 4.79 Å². The van der Waals surface area contributed by atoms with Crippen LogP contribution in [0.25, 0.3) is 11.6 Å². The number of rotatable bonds is 4. The van der Waals surface area contributed by atoms with E-state index in [1.54, 1.807) is 24.3 Å². The first-order chi connectivity index (χ1) is 14.2. The van der Waals surface area contributed by atoms with E-state index < -0.39 is 5.91 Å². The third-order valence-electron chi connectivity index (χ3n) is 5.17. The molecular formula is C24H23Cl2N3O. The minimum Gasteiger partial charge on any atom is -0.363 e. The fourth-order valence-electron chi connectivity index (χ4n) is 3.86. The molecule has 0 aliphatic carbocycles. The molecule has 6 heteroatoms. The second-order valence-corrected chi connectivity index (χ2v) is 8.57. The number of fused-ring (bicyclic) bond motifs is 1. The Morgan fingerprint density at radius 2 is 1.93 bits per heavy atom. The highest BCUT2D eigenvalue weighted by molar-refractivity contribution is 6.42. The normalized spacial score (nSPS) is 15.2. The van der Waals surface area contributed by atoms with E-state index in [1.165, 1.54) is 5.57 Å². The van der Waals surface area contributed by atoms with Gasteiger partial charge in [0.2, 0.25) is 0 Å². The SMILES string of the molecule is CCN1c2ccc(/C=C(\C#N)C(=O)Nc3ccc(Cl)c(Cl)c3)cc2C(C)=CC1(C)C. The number of carbonyl (C=O) groups excluding carboxylic acids is 1. The molecule has 0 radical (unpaired) electrons. The van der Waals surface area contributed by atoms with Gasteiger partial charge in [-0.3, -0.25) is 4.79 Å². The zero-order valence-electron chi connectivity index (χ0n) is 17.4. The van der Waals surface area contributed by atoms with E-state index in [4.69, 9.17) is 23.2 Å². The zero-order valence-corrected chi connectivity index (χ0v) is 18.9. The molecule has 1 amide bonds. The summed E-state index contributed by atoms with van der Waals surface area (Å²) in [4.78, 5) is 14.9. The van der Waals surface area contributed by atoms with Gasteiger partial charge in [0.1, 0.15) is 11.6 Å². The third-order valence-corrected chi connectivity index (χ3v) is 5.91. The molecule has 0 unspecified atom stereocenters. The molecule has 0 saturated heterocycles. The van der Waals surface area contributed by atoms with Gasteiger partial charge in [0.25, 0.3) is 5.91 Å². The van der Waals surface area contributed by atoms with Crippen LogP contribution in [0.4, 0.5) is 11.4 Å². The van der Waals surface area contributed by atoms with Gasteiger partial charge in [0.15, 0.2) is 0 Å². The molecule has 2 aromatic rings.